The van der Waals surface area contributed by atoms with E-state index in [0.717, 1.165) is 0 Å². The van der Waals surface area contributed by atoms with Crippen molar-refractivity contribution in [2.24, 2.45) is 10.2 Å². The van der Waals surface area contributed by atoms with Gasteiger partial charge in [-0.1, -0.05) is 0 Å². The van der Waals surface area contributed by atoms with Crippen LogP contribution in [-0.2, 0) is 9.59 Å². The molecular formula is C10H11N3O2. The predicted octanol–water partition coefficient (Wildman–Crippen LogP) is 1.71. The van der Waals surface area contributed by atoms with Crippen LogP contribution in [0.15, 0.2) is 34.8 Å². The number of aromatic nitrogens is 1. The summed E-state index contributed by atoms with van der Waals surface area (Å²) in [7, 11) is 0. The van der Waals surface area contributed by atoms with Gasteiger partial charge in [-0.05, 0) is 26.0 Å². The topological polar surface area (TPSA) is 71.8 Å². The first-order valence-electron chi connectivity index (χ1n) is 4.43. The Hall–Kier alpha value is -1.91. The monoisotopic (exact) mass is 205 g/mol. The summed E-state index contributed by atoms with van der Waals surface area (Å²) in [5.41, 5.74) is 0.567. The Morgan fingerprint density at radius 3 is 2.20 bits per heavy atom. The standard InChI is InChI=1S/C10H11N3O2/c1-7(14)10(8(2)15)13-12-9-3-5-11-6-4-9/h3-6,10H,1-2H3/b13-12+. The van der Waals surface area contributed by atoms with E-state index in [2.05, 4.69) is 15.2 Å². The molecule has 0 aliphatic carbocycles. The van der Waals surface area contributed by atoms with Crippen LogP contribution in [0.25, 0.3) is 0 Å². The SMILES string of the molecule is CC(=O)C(/N=N/c1ccncc1)C(C)=O. The van der Waals surface area contributed by atoms with E-state index in [1.807, 2.05) is 0 Å². The van der Waals surface area contributed by atoms with Gasteiger partial charge in [-0.15, -0.1) is 0 Å². The Balaban J connectivity index is 2.79. The first kappa shape index (κ1) is 11.2. The molecule has 0 fully saturated rings. The number of nitrogens with zero attached hydrogens (tertiary/aromatic N) is 3. The fraction of sp³-hybridized carbons (Fsp3) is 0.300. The number of hydrogen-bond acceptors (Lipinski definition) is 5. The van der Waals surface area contributed by atoms with Gasteiger partial charge < -0.3 is 0 Å². The minimum atomic E-state index is -0.988. The summed E-state index contributed by atoms with van der Waals surface area (Å²) in [4.78, 5) is 25.8. The molecular weight excluding hydrogens is 194 g/mol. The molecule has 0 amide bonds. The number of ketones is 2. The third-order valence-corrected chi connectivity index (χ3v) is 1.72. The Labute approximate surface area is 87.2 Å². The molecule has 1 aromatic heterocycles. The quantitative estimate of drug-likeness (QED) is 0.554. The van der Waals surface area contributed by atoms with E-state index in [9.17, 15) is 9.59 Å². The van der Waals surface area contributed by atoms with Gasteiger partial charge in [0.25, 0.3) is 0 Å². The predicted molar refractivity (Wildman–Crippen MR) is 53.9 cm³/mol. The van der Waals surface area contributed by atoms with Crippen LogP contribution in [0, 0.1) is 0 Å². The van der Waals surface area contributed by atoms with Gasteiger partial charge in [0, 0.05) is 12.4 Å². The lowest BCUT2D eigenvalue weighted by Crippen LogP contribution is -2.23. The highest BCUT2D eigenvalue weighted by Crippen LogP contribution is 2.10. The number of Topliss-reactive ketones (excluding diaryl/α,β-unsaturated/α-hetero) is 2. The highest BCUT2D eigenvalue weighted by Gasteiger charge is 2.17. The van der Waals surface area contributed by atoms with E-state index in [4.69, 9.17) is 0 Å². The van der Waals surface area contributed by atoms with Gasteiger partial charge in [-0.3, -0.25) is 14.6 Å². The molecule has 0 spiro atoms. The largest absolute Gasteiger partial charge is 0.297 e. The van der Waals surface area contributed by atoms with Crippen molar-refractivity contribution in [2.45, 2.75) is 19.9 Å². The molecule has 0 aliphatic heterocycles. The summed E-state index contributed by atoms with van der Waals surface area (Å²) >= 11 is 0. The fourth-order valence-electron chi connectivity index (χ4n) is 0.984. The molecule has 5 heteroatoms. The smallest absolute Gasteiger partial charge is 0.187 e. The van der Waals surface area contributed by atoms with Crippen LogP contribution in [0.3, 0.4) is 0 Å². The Kier molecular flexibility index (Phi) is 3.79. The fourth-order valence-corrected chi connectivity index (χ4v) is 0.984. The summed E-state index contributed by atoms with van der Waals surface area (Å²) < 4.78 is 0. The molecule has 1 rings (SSSR count). The summed E-state index contributed by atoms with van der Waals surface area (Å²) in [6, 6.07) is 2.29. The van der Waals surface area contributed by atoms with Crippen molar-refractivity contribution in [3.05, 3.63) is 24.5 Å². The van der Waals surface area contributed by atoms with Gasteiger partial charge in [0.1, 0.15) is 0 Å². The molecule has 1 aromatic rings. The number of rotatable bonds is 4. The van der Waals surface area contributed by atoms with Crippen LogP contribution in [0.4, 0.5) is 5.69 Å². The average molecular weight is 205 g/mol. The van der Waals surface area contributed by atoms with Gasteiger partial charge in [0.15, 0.2) is 17.6 Å². The maximum Gasteiger partial charge on any atom is 0.187 e. The van der Waals surface area contributed by atoms with Crippen molar-refractivity contribution in [1.82, 2.24) is 4.98 Å². The molecule has 0 aromatic carbocycles. The summed E-state index contributed by atoms with van der Waals surface area (Å²) in [6.07, 6.45) is 3.12. The van der Waals surface area contributed by atoms with E-state index in [1.165, 1.54) is 13.8 Å². The van der Waals surface area contributed by atoms with Crippen LogP contribution in [0.1, 0.15) is 13.8 Å². The second kappa shape index (κ2) is 5.09. The number of pyridine rings is 1. The Bertz CT molecular complexity index is 373. The molecule has 78 valence electrons. The van der Waals surface area contributed by atoms with Gasteiger partial charge in [0.05, 0.1) is 5.69 Å². The van der Waals surface area contributed by atoms with Crippen molar-refractivity contribution in [2.75, 3.05) is 0 Å². The number of carbonyl (C=O) groups excluding carboxylic acids is 2. The summed E-state index contributed by atoms with van der Waals surface area (Å²) in [5.74, 6) is -0.611. The molecule has 0 atom stereocenters. The molecule has 0 radical (unpaired) electrons. The van der Waals surface area contributed by atoms with Crippen molar-refractivity contribution >= 4 is 17.3 Å². The van der Waals surface area contributed by atoms with E-state index in [1.54, 1.807) is 24.5 Å². The maximum atomic E-state index is 11.0. The van der Waals surface area contributed by atoms with Crippen LogP contribution in [0.5, 0.6) is 0 Å². The second-order valence-corrected chi connectivity index (χ2v) is 3.04. The first-order chi connectivity index (χ1) is 7.11. The zero-order valence-electron chi connectivity index (χ0n) is 8.54. The highest BCUT2D eigenvalue weighted by atomic mass is 16.2. The Morgan fingerprint density at radius 2 is 1.73 bits per heavy atom. The molecule has 5 nitrogen and oxygen atoms in total. The van der Waals surface area contributed by atoms with Gasteiger partial charge in [-0.25, -0.2) is 0 Å². The molecule has 0 aliphatic rings. The van der Waals surface area contributed by atoms with Crippen molar-refractivity contribution in [1.29, 1.82) is 0 Å². The van der Waals surface area contributed by atoms with E-state index < -0.39 is 6.04 Å². The molecule has 15 heavy (non-hydrogen) atoms. The normalized spacial score (nSPS) is 10.9. The number of hydrogen-bond donors (Lipinski definition) is 0. The minimum Gasteiger partial charge on any atom is -0.297 e. The van der Waals surface area contributed by atoms with E-state index >= 15 is 0 Å². The van der Waals surface area contributed by atoms with Crippen molar-refractivity contribution in [3.8, 4) is 0 Å². The number of azo groups is 1. The van der Waals surface area contributed by atoms with Gasteiger partial charge in [-0.2, -0.15) is 10.2 Å². The Morgan fingerprint density at radius 1 is 1.20 bits per heavy atom. The molecule has 0 saturated carbocycles. The lowest BCUT2D eigenvalue weighted by molar-refractivity contribution is -0.126. The van der Waals surface area contributed by atoms with Crippen LogP contribution < -0.4 is 0 Å². The van der Waals surface area contributed by atoms with E-state index in [0.29, 0.717) is 5.69 Å². The van der Waals surface area contributed by atoms with Gasteiger partial charge in [0.2, 0.25) is 0 Å². The molecule has 0 unspecified atom stereocenters. The second-order valence-electron chi connectivity index (χ2n) is 3.04. The summed E-state index contributed by atoms with van der Waals surface area (Å²) in [5, 5.41) is 7.48. The third kappa shape index (κ3) is 3.38. The maximum absolute atomic E-state index is 11.0. The third-order valence-electron chi connectivity index (χ3n) is 1.72. The molecule has 0 N–H and O–H groups in total. The molecule has 0 bridgehead atoms. The molecule has 0 saturated heterocycles. The van der Waals surface area contributed by atoms with E-state index in [-0.39, 0.29) is 11.6 Å². The van der Waals surface area contributed by atoms with Gasteiger partial charge >= 0.3 is 0 Å². The van der Waals surface area contributed by atoms with Crippen LogP contribution >= 0.6 is 0 Å². The average Bonchev–Trinajstić information content (AvgIpc) is 2.18. The zero-order chi connectivity index (χ0) is 11.3. The lowest BCUT2D eigenvalue weighted by Gasteiger charge is -2.01. The molecule has 1 heterocycles. The highest BCUT2D eigenvalue weighted by molar-refractivity contribution is 6.04. The first-order valence-corrected chi connectivity index (χ1v) is 4.43. The van der Waals surface area contributed by atoms with Crippen molar-refractivity contribution < 1.29 is 9.59 Å². The van der Waals surface area contributed by atoms with Crippen LogP contribution in [-0.4, -0.2) is 22.6 Å². The number of carbonyl (C=O) groups is 2. The van der Waals surface area contributed by atoms with Crippen molar-refractivity contribution in [3.63, 3.8) is 0 Å². The minimum absolute atomic E-state index is 0.305. The lowest BCUT2D eigenvalue weighted by atomic mass is 10.1. The van der Waals surface area contributed by atoms with Crippen LogP contribution in [0.2, 0.25) is 0 Å². The summed E-state index contributed by atoms with van der Waals surface area (Å²) in [6.45, 7) is 2.63. The zero-order valence-corrected chi connectivity index (χ0v) is 8.54.